The maximum atomic E-state index is 11.8. The van der Waals surface area contributed by atoms with E-state index >= 15 is 0 Å². The molecular formula is C32H34N6O3. The summed E-state index contributed by atoms with van der Waals surface area (Å²) >= 11 is 0. The molecule has 1 N–H and O–H groups in total. The molecule has 0 saturated carbocycles. The minimum atomic E-state index is 0.105. The summed E-state index contributed by atoms with van der Waals surface area (Å²) in [7, 11) is 0. The Balaban J connectivity index is 1.21. The van der Waals surface area contributed by atoms with Crippen LogP contribution in [0.15, 0.2) is 61.6 Å². The lowest BCUT2D eigenvalue weighted by molar-refractivity contribution is -0.115. The van der Waals surface area contributed by atoms with Gasteiger partial charge in [0, 0.05) is 42.9 Å². The van der Waals surface area contributed by atoms with E-state index in [0.717, 1.165) is 66.6 Å². The van der Waals surface area contributed by atoms with Crippen LogP contribution in [-0.4, -0.2) is 45.4 Å². The van der Waals surface area contributed by atoms with Gasteiger partial charge in [-0.1, -0.05) is 13.5 Å². The standard InChI is InChI=1S/C32H34N6O3/c1-4-23-7-10-26(16-33-23)41-28-11-8-24(14-20(28)3)36-31-30-27(34-19-35-31)15-29-32(37-30)38-13-12-21(6-9-25(39)5-2)22(17-38)18-40-29/h5,7-8,10-11,14-16,19,21-22H,2,4,6,9,12-13,17-18H2,1,3H3,(H,34,35,36)/t21?,22-/m0/s1. The van der Waals surface area contributed by atoms with E-state index in [1.54, 1.807) is 6.20 Å². The van der Waals surface area contributed by atoms with E-state index in [1.165, 1.54) is 12.4 Å². The van der Waals surface area contributed by atoms with Crippen LogP contribution in [0.3, 0.4) is 0 Å². The molecule has 2 atom stereocenters. The lowest BCUT2D eigenvalue weighted by Crippen LogP contribution is -2.41. The average molecular weight is 551 g/mol. The number of nitrogens with zero attached hydrogens (tertiary/aromatic N) is 5. The Hall–Kier alpha value is -4.53. The smallest absolute Gasteiger partial charge is 0.172 e. The quantitative estimate of drug-likeness (QED) is 0.244. The average Bonchev–Trinajstić information content (AvgIpc) is 3.13. The number of pyridine rings is 2. The first-order valence-electron chi connectivity index (χ1n) is 14.2. The van der Waals surface area contributed by atoms with Crippen molar-refractivity contribution in [3.63, 3.8) is 0 Å². The molecule has 0 aliphatic carbocycles. The van der Waals surface area contributed by atoms with Crippen LogP contribution in [-0.2, 0) is 11.2 Å². The highest BCUT2D eigenvalue weighted by Crippen LogP contribution is 2.40. The van der Waals surface area contributed by atoms with Gasteiger partial charge in [-0.05, 0) is 74.1 Å². The summed E-state index contributed by atoms with van der Waals surface area (Å²) in [5.41, 5.74) is 4.28. The number of rotatable bonds is 9. The van der Waals surface area contributed by atoms with Gasteiger partial charge < -0.3 is 19.7 Å². The van der Waals surface area contributed by atoms with Gasteiger partial charge in [0.05, 0.1) is 18.3 Å². The molecule has 1 fully saturated rings. The van der Waals surface area contributed by atoms with E-state index in [9.17, 15) is 4.79 Å². The number of allylic oxidation sites excluding steroid dienone is 1. The molecule has 3 aromatic heterocycles. The van der Waals surface area contributed by atoms with Crippen LogP contribution in [0.2, 0.25) is 0 Å². The number of ketones is 1. The molecule has 9 nitrogen and oxygen atoms in total. The molecule has 2 bridgehead atoms. The number of fused-ring (bicyclic) bond motifs is 5. The molecule has 2 aliphatic heterocycles. The minimum absolute atomic E-state index is 0.105. The van der Waals surface area contributed by atoms with Gasteiger partial charge in [0.25, 0.3) is 0 Å². The zero-order valence-corrected chi connectivity index (χ0v) is 23.5. The predicted octanol–water partition coefficient (Wildman–Crippen LogP) is 6.20. The highest BCUT2D eigenvalue weighted by atomic mass is 16.5. The van der Waals surface area contributed by atoms with Gasteiger partial charge >= 0.3 is 0 Å². The number of ether oxygens (including phenoxy) is 2. The molecule has 5 heterocycles. The molecule has 9 heteroatoms. The van der Waals surface area contributed by atoms with Gasteiger partial charge in [-0.25, -0.2) is 15.0 Å². The molecule has 41 heavy (non-hydrogen) atoms. The molecule has 0 spiro atoms. The topological polar surface area (TPSA) is 102 Å². The monoisotopic (exact) mass is 550 g/mol. The van der Waals surface area contributed by atoms with Crippen molar-refractivity contribution < 1.29 is 14.3 Å². The predicted molar refractivity (Wildman–Crippen MR) is 159 cm³/mol. The Morgan fingerprint density at radius 3 is 2.90 bits per heavy atom. The van der Waals surface area contributed by atoms with Crippen LogP contribution in [0, 0.1) is 18.8 Å². The highest BCUT2D eigenvalue weighted by Gasteiger charge is 2.34. The van der Waals surface area contributed by atoms with Gasteiger partial charge in [-0.3, -0.25) is 9.78 Å². The van der Waals surface area contributed by atoms with Crippen molar-refractivity contribution in [2.45, 2.75) is 39.5 Å². The number of anilines is 3. The Labute approximate surface area is 239 Å². The summed E-state index contributed by atoms with van der Waals surface area (Å²) in [6.07, 6.45) is 8.01. The summed E-state index contributed by atoms with van der Waals surface area (Å²) in [5, 5.41) is 3.43. The van der Waals surface area contributed by atoms with E-state index in [2.05, 4.69) is 38.7 Å². The number of carbonyl (C=O) groups is 1. The second-order valence-corrected chi connectivity index (χ2v) is 10.7. The van der Waals surface area contributed by atoms with Crippen LogP contribution in [0.1, 0.15) is 37.4 Å². The second-order valence-electron chi connectivity index (χ2n) is 10.7. The second kappa shape index (κ2) is 11.5. The van der Waals surface area contributed by atoms with Crippen LogP contribution in [0.25, 0.3) is 11.0 Å². The number of aromatic nitrogens is 4. The first-order chi connectivity index (χ1) is 20.0. The Bertz CT molecular complexity index is 1590. The number of piperidine rings is 1. The molecule has 6 rings (SSSR count). The Kier molecular flexibility index (Phi) is 7.50. The fourth-order valence-electron chi connectivity index (χ4n) is 5.64. The molecule has 210 valence electrons. The van der Waals surface area contributed by atoms with E-state index < -0.39 is 0 Å². The number of aryl methyl sites for hydroxylation is 2. The van der Waals surface area contributed by atoms with Gasteiger partial charge in [-0.2, -0.15) is 0 Å². The van der Waals surface area contributed by atoms with Crippen LogP contribution in [0.5, 0.6) is 17.2 Å². The molecule has 1 unspecified atom stereocenters. The largest absolute Gasteiger partial charge is 0.489 e. The van der Waals surface area contributed by atoms with Crippen molar-refractivity contribution in [1.82, 2.24) is 19.9 Å². The molecule has 1 aromatic carbocycles. The van der Waals surface area contributed by atoms with E-state index in [-0.39, 0.29) is 5.78 Å². The van der Waals surface area contributed by atoms with Gasteiger partial charge in [0.15, 0.2) is 23.2 Å². The maximum Gasteiger partial charge on any atom is 0.172 e. The fourth-order valence-corrected chi connectivity index (χ4v) is 5.64. The molecule has 0 radical (unpaired) electrons. The zero-order valence-electron chi connectivity index (χ0n) is 23.5. The van der Waals surface area contributed by atoms with E-state index in [0.29, 0.717) is 47.5 Å². The summed E-state index contributed by atoms with van der Waals surface area (Å²) < 4.78 is 12.3. The summed E-state index contributed by atoms with van der Waals surface area (Å²) in [6, 6.07) is 11.8. The molecule has 4 aromatic rings. The van der Waals surface area contributed by atoms with Crippen LogP contribution < -0.4 is 19.7 Å². The summed E-state index contributed by atoms with van der Waals surface area (Å²) in [4.78, 5) is 32.6. The molecular weight excluding hydrogens is 516 g/mol. The van der Waals surface area contributed by atoms with Crippen molar-refractivity contribution in [2.24, 2.45) is 11.8 Å². The number of hydrogen-bond acceptors (Lipinski definition) is 9. The first-order valence-corrected chi connectivity index (χ1v) is 14.2. The third-order valence-corrected chi connectivity index (χ3v) is 8.01. The SMILES string of the molecule is C=CC(=O)CCC1CCN2C[C@H]1COc1cc3ncnc(Nc4ccc(Oc5ccc(CC)nc5)c(C)c4)c3nc12. The van der Waals surface area contributed by atoms with E-state index in [1.807, 2.05) is 43.3 Å². The highest BCUT2D eigenvalue weighted by molar-refractivity contribution is 5.90. The lowest BCUT2D eigenvalue weighted by atomic mass is 9.82. The van der Waals surface area contributed by atoms with Crippen LogP contribution >= 0.6 is 0 Å². The fraction of sp³-hybridized carbons (Fsp3) is 0.344. The van der Waals surface area contributed by atoms with Crippen molar-refractivity contribution in [3.8, 4) is 17.2 Å². The van der Waals surface area contributed by atoms with Gasteiger partial charge in [-0.15, -0.1) is 0 Å². The number of nitrogens with one attached hydrogen (secondary N) is 1. The third kappa shape index (κ3) is 5.70. The summed E-state index contributed by atoms with van der Waals surface area (Å²) in [6.45, 7) is 10.0. The Morgan fingerprint density at radius 2 is 2.12 bits per heavy atom. The number of benzene rings is 1. The number of carbonyl (C=O) groups excluding carboxylic acids is 1. The van der Waals surface area contributed by atoms with E-state index in [4.69, 9.17) is 14.5 Å². The normalized spacial score (nSPS) is 17.8. The van der Waals surface area contributed by atoms with Gasteiger partial charge in [0.1, 0.15) is 23.3 Å². The first kappa shape index (κ1) is 26.7. The third-order valence-electron chi connectivity index (χ3n) is 8.01. The van der Waals surface area contributed by atoms with Gasteiger partial charge in [0.2, 0.25) is 0 Å². The molecule has 1 saturated heterocycles. The lowest BCUT2D eigenvalue weighted by Gasteiger charge is -2.36. The zero-order chi connectivity index (χ0) is 28.3. The van der Waals surface area contributed by atoms with Crippen molar-refractivity contribution in [2.75, 3.05) is 29.9 Å². The molecule has 2 aliphatic rings. The van der Waals surface area contributed by atoms with Crippen molar-refractivity contribution >= 4 is 34.1 Å². The van der Waals surface area contributed by atoms with Crippen LogP contribution in [0.4, 0.5) is 17.3 Å². The Morgan fingerprint density at radius 1 is 1.22 bits per heavy atom. The number of hydrogen-bond donors (Lipinski definition) is 1. The van der Waals surface area contributed by atoms with Crippen molar-refractivity contribution in [3.05, 3.63) is 72.8 Å². The maximum absolute atomic E-state index is 11.8. The molecule has 0 amide bonds. The minimum Gasteiger partial charge on any atom is -0.489 e. The van der Waals surface area contributed by atoms with Crippen molar-refractivity contribution in [1.29, 1.82) is 0 Å². The summed E-state index contributed by atoms with van der Waals surface area (Å²) in [5.74, 6) is 4.55.